The number of amides is 1. The van der Waals surface area contributed by atoms with Crippen molar-refractivity contribution in [1.82, 2.24) is 0 Å². The van der Waals surface area contributed by atoms with Crippen LogP contribution in [0.3, 0.4) is 0 Å². The third-order valence-corrected chi connectivity index (χ3v) is 2.09. The molecule has 5 nitrogen and oxygen atoms in total. The molecular weight excluding hydrogens is 267 g/mol. The first kappa shape index (κ1) is 14.8. The van der Waals surface area contributed by atoms with Crippen molar-refractivity contribution in [2.75, 3.05) is 11.9 Å². The minimum Gasteiger partial charge on any atom is -0.478 e. The first-order valence-corrected chi connectivity index (χ1v) is 5.14. The Labute approximate surface area is 106 Å². The van der Waals surface area contributed by atoms with Gasteiger partial charge in [-0.15, -0.1) is 0 Å². The van der Waals surface area contributed by atoms with Crippen LogP contribution in [0.4, 0.5) is 23.7 Å². The Hall–Kier alpha value is -2.25. The van der Waals surface area contributed by atoms with Crippen LogP contribution < -0.4 is 5.32 Å². The Morgan fingerprint density at radius 1 is 1.37 bits per heavy atom. The highest BCUT2D eigenvalue weighted by Crippen LogP contribution is 2.31. The predicted octanol–water partition coefficient (Wildman–Crippen LogP) is 2.97. The maximum absolute atomic E-state index is 12.4. The molecule has 0 aliphatic rings. The van der Waals surface area contributed by atoms with Gasteiger partial charge in [0.25, 0.3) is 0 Å². The number of halogens is 3. The molecule has 2 N–H and O–H groups in total. The molecule has 0 unspecified atom stereocenters. The van der Waals surface area contributed by atoms with Gasteiger partial charge in [0.05, 0.1) is 23.4 Å². The van der Waals surface area contributed by atoms with Crippen molar-refractivity contribution in [1.29, 1.82) is 0 Å². The molecule has 0 radical (unpaired) electrons. The summed E-state index contributed by atoms with van der Waals surface area (Å²) in [6, 6.07) is 1.99. The fourth-order valence-corrected chi connectivity index (χ4v) is 1.28. The van der Waals surface area contributed by atoms with Crippen LogP contribution in [0.2, 0.25) is 0 Å². The number of hydrogen-bond donors (Lipinski definition) is 2. The summed E-state index contributed by atoms with van der Waals surface area (Å²) in [5, 5.41) is 10.9. The number of benzene rings is 1. The average molecular weight is 277 g/mol. The van der Waals surface area contributed by atoms with Crippen molar-refractivity contribution in [3.63, 3.8) is 0 Å². The van der Waals surface area contributed by atoms with Gasteiger partial charge < -0.3 is 9.84 Å². The van der Waals surface area contributed by atoms with Gasteiger partial charge in [0, 0.05) is 0 Å². The molecule has 1 amide bonds. The number of alkyl halides is 3. The van der Waals surface area contributed by atoms with Crippen LogP contribution in [0.1, 0.15) is 22.8 Å². The molecule has 0 bridgehead atoms. The summed E-state index contributed by atoms with van der Waals surface area (Å²) >= 11 is 0. The molecule has 8 heteroatoms. The summed E-state index contributed by atoms with van der Waals surface area (Å²) in [6.45, 7) is 1.58. The van der Waals surface area contributed by atoms with Gasteiger partial charge in [0.15, 0.2) is 0 Å². The largest absolute Gasteiger partial charge is 0.478 e. The van der Waals surface area contributed by atoms with Crippen LogP contribution in [0.5, 0.6) is 0 Å². The maximum atomic E-state index is 12.4. The molecule has 0 aliphatic heterocycles. The summed E-state index contributed by atoms with van der Waals surface area (Å²) < 4.78 is 41.8. The molecule has 0 spiro atoms. The number of hydrogen-bond acceptors (Lipinski definition) is 3. The normalized spacial score (nSPS) is 10.9. The van der Waals surface area contributed by atoms with Gasteiger partial charge in [-0.2, -0.15) is 13.2 Å². The summed E-state index contributed by atoms with van der Waals surface area (Å²) in [6.07, 6.45) is -5.60. The zero-order valence-corrected chi connectivity index (χ0v) is 9.75. The number of aromatic carboxylic acids is 1. The van der Waals surface area contributed by atoms with Crippen molar-refractivity contribution in [2.45, 2.75) is 13.1 Å². The number of ether oxygens (including phenoxy) is 1. The molecule has 1 rings (SSSR count). The maximum Gasteiger partial charge on any atom is 0.416 e. The Morgan fingerprint density at radius 3 is 2.47 bits per heavy atom. The second-order valence-electron chi connectivity index (χ2n) is 3.41. The SMILES string of the molecule is CCOC(=O)Nc1ccc(C(F)(F)F)cc1C(=O)O. The fraction of sp³-hybridized carbons (Fsp3) is 0.273. The lowest BCUT2D eigenvalue weighted by Crippen LogP contribution is -2.17. The quantitative estimate of drug-likeness (QED) is 0.890. The molecule has 0 heterocycles. The number of carbonyl (C=O) groups excluding carboxylic acids is 1. The van der Waals surface area contributed by atoms with Crippen LogP contribution in [-0.4, -0.2) is 23.8 Å². The molecule has 104 valence electrons. The van der Waals surface area contributed by atoms with Crippen molar-refractivity contribution in [3.05, 3.63) is 29.3 Å². The Kier molecular flexibility index (Phi) is 4.36. The van der Waals surface area contributed by atoms with Gasteiger partial charge in [-0.1, -0.05) is 0 Å². The van der Waals surface area contributed by atoms with Crippen LogP contribution >= 0.6 is 0 Å². The number of anilines is 1. The number of carbonyl (C=O) groups is 2. The topological polar surface area (TPSA) is 75.6 Å². The van der Waals surface area contributed by atoms with E-state index in [9.17, 15) is 22.8 Å². The second-order valence-corrected chi connectivity index (χ2v) is 3.41. The number of carboxylic acid groups (broad SMARTS) is 1. The molecule has 1 aromatic rings. The van der Waals surface area contributed by atoms with E-state index in [1.54, 1.807) is 0 Å². The van der Waals surface area contributed by atoms with Crippen LogP contribution in [-0.2, 0) is 10.9 Å². The molecule has 0 aliphatic carbocycles. The highest BCUT2D eigenvalue weighted by molar-refractivity contribution is 5.98. The van der Waals surface area contributed by atoms with Gasteiger partial charge in [-0.05, 0) is 25.1 Å². The molecule has 0 aromatic heterocycles. The zero-order valence-electron chi connectivity index (χ0n) is 9.75. The highest BCUT2D eigenvalue weighted by Gasteiger charge is 2.32. The summed E-state index contributed by atoms with van der Waals surface area (Å²) in [4.78, 5) is 22.0. The van der Waals surface area contributed by atoms with Crippen molar-refractivity contribution in [2.24, 2.45) is 0 Å². The lowest BCUT2D eigenvalue weighted by molar-refractivity contribution is -0.137. The summed E-state index contributed by atoms with van der Waals surface area (Å²) in [7, 11) is 0. The number of nitrogens with one attached hydrogen (secondary N) is 1. The minimum atomic E-state index is -4.66. The molecule has 0 saturated carbocycles. The molecule has 0 atom stereocenters. The minimum absolute atomic E-state index is 0.0505. The summed E-state index contributed by atoms with van der Waals surface area (Å²) in [5.41, 5.74) is -2.04. The molecule has 1 aromatic carbocycles. The van der Waals surface area contributed by atoms with E-state index in [-0.39, 0.29) is 12.3 Å². The van der Waals surface area contributed by atoms with Crippen LogP contribution in [0.15, 0.2) is 18.2 Å². The van der Waals surface area contributed by atoms with Crippen LogP contribution in [0.25, 0.3) is 0 Å². The standard InChI is InChI=1S/C11H10F3NO4/c1-2-19-10(18)15-8-4-3-6(11(12,13)14)5-7(8)9(16)17/h3-5H,2H2,1H3,(H,15,18)(H,16,17). The zero-order chi connectivity index (χ0) is 14.6. The van der Waals surface area contributed by atoms with E-state index in [1.165, 1.54) is 6.92 Å². The molecule has 0 fully saturated rings. The third kappa shape index (κ3) is 3.87. The number of carboxylic acids is 1. The van der Waals surface area contributed by atoms with Gasteiger partial charge in [-0.25, -0.2) is 9.59 Å². The van der Waals surface area contributed by atoms with Gasteiger partial charge in [-0.3, -0.25) is 5.32 Å². The number of rotatable bonds is 3. The molecular formula is C11H10F3NO4. The van der Waals surface area contributed by atoms with Crippen molar-refractivity contribution >= 4 is 17.7 Å². The first-order valence-electron chi connectivity index (χ1n) is 5.14. The Bertz CT molecular complexity index is 499. The average Bonchev–Trinajstić information content (AvgIpc) is 2.27. The predicted molar refractivity (Wildman–Crippen MR) is 59.0 cm³/mol. The monoisotopic (exact) mass is 277 g/mol. The van der Waals surface area contributed by atoms with Crippen molar-refractivity contribution in [3.8, 4) is 0 Å². The summed E-state index contributed by atoms with van der Waals surface area (Å²) in [5.74, 6) is -1.59. The Balaban J connectivity index is 3.12. The fourth-order valence-electron chi connectivity index (χ4n) is 1.28. The van der Waals surface area contributed by atoms with Gasteiger partial charge >= 0.3 is 18.2 Å². The van der Waals surface area contributed by atoms with Gasteiger partial charge in [0.1, 0.15) is 0 Å². The van der Waals surface area contributed by atoms with Gasteiger partial charge in [0.2, 0.25) is 0 Å². The lowest BCUT2D eigenvalue weighted by atomic mass is 10.1. The van der Waals surface area contributed by atoms with E-state index in [0.29, 0.717) is 12.1 Å². The van der Waals surface area contributed by atoms with E-state index in [1.807, 2.05) is 0 Å². The molecule has 19 heavy (non-hydrogen) atoms. The Morgan fingerprint density at radius 2 is 2.00 bits per heavy atom. The van der Waals surface area contributed by atoms with E-state index in [0.717, 1.165) is 6.07 Å². The van der Waals surface area contributed by atoms with E-state index in [2.05, 4.69) is 10.1 Å². The van der Waals surface area contributed by atoms with E-state index >= 15 is 0 Å². The van der Waals surface area contributed by atoms with Crippen LogP contribution in [0, 0.1) is 0 Å². The van der Waals surface area contributed by atoms with E-state index < -0.39 is 29.4 Å². The highest BCUT2D eigenvalue weighted by atomic mass is 19.4. The first-order chi connectivity index (χ1) is 8.75. The second kappa shape index (κ2) is 5.59. The van der Waals surface area contributed by atoms with E-state index in [4.69, 9.17) is 5.11 Å². The third-order valence-electron chi connectivity index (χ3n) is 2.09. The van der Waals surface area contributed by atoms with Crippen molar-refractivity contribution < 1.29 is 32.6 Å². The smallest absolute Gasteiger partial charge is 0.416 e. The lowest BCUT2D eigenvalue weighted by Gasteiger charge is -2.11. The molecule has 0 saturated heterocycles.